The molecule has 1 amide bonds. The van der Waals surface area contributed by atoms with Crippen LogP contribution in [0.25, 0.3) is 22.4 Å². The van der Waals surface area contributed by atoms with E-state index in [1.165, 1.54) is 18.2 Å². The lowest BCUT2D eigenvalue weighted by molar-refractivity contribution is -0.126. The molecular formula is C27H29N5O2S. The van der Waals surface area contributed by atoms with Gasteiger partial charge in [0.1, 0.15) is 0 Å². The van der Waals surface area contributed by atoms with Crippen molar-refractivity contribution < 1.29 is 4.79 Å². The fraction of sp³-hybridized carbons (Fsp3) is 0.333. The van der Waals surface area contributed by atoms with Crippen LogP contribution in [-0.4, -0.2) is 42.3 Å². The summed E-state index contributed by atoms with van der Waals surface area (Å²) in [5.74, 6) is 0.761. The number of allylic oxidation sites excluding steroid dienone is 2. The summed E-state index contributed by atoms with van der Waals surface area (Å²) >= 11 is 1.36. The monoisotopic (exact) mass is 487 g/mol. The average Bonchev–Trinajstić information content (AvgIpc) is 3.30. The van der Waals surface area contributed by atoms with Gasteiger partial charge in [0.25, 0.3) is 5.56 Å². The number of fused-ring (bicyclic) bond motifs is 3. The maximum atomic E-state index is 13.6. The summed E-state index contributed by atoms with van der Waals surface area (Å²) < 4.78 is 3.53. The highest BCUT2D eigenvalue weighted by Crippen LogP contribution is 2.26. The van der Waals surface area contributed by atoms with Crippen molar-refractivity contribution in [3.63, 3.8) is 0 Å². The molecular weight excluding hydrogens is 458 g/mol. The van der Waals surface area contributed by atoms with Gasteiger partial charge in [-0.25, -0.2) is 4.57 Å². The van der Waals surface area contributed by atoms with Crippen LogP contribution in [0.5, 0.6) is 0 Å². The molecule has 0 N–H and O–H groups in total. The minimum atomic E-state index is -0.136. The minimum absolute atomic E-state index is 0.0644. The second kappa shape index (κ2) is 9.70. The normalized spacial score (nSPS) is 13.9. The van der Waals surface area contributed by atoms with Gasteiger partial charge in [0.05, 0.1) is 22.3 Å². The summed E-state index contributed by atoms with van der Waals surface area (Å²) in [6.07, 6.45) is 6.48. The lowest BCUT2D eigenvalue weighted by Crippen LogP contribution is -2.32. The lowest BCUT2D eigenvalue weighted by Gasteiger charge is -2.26. The van der Waals surface area contributed by atoms with E-state index >= 15 is 0 Å². The zero-order chi connectivity index (χ0) is 24.5. The number of carbonyl (C=O) groups is 1. The molecule has 0 bridgehead atoms. The SMILES string of the molecule is CCN(C(=O)CSc1nnc2n(-c3cccc(C)c3C)c(=O)c3ccccc3n12)C1=CCCCC1. The highest BCUT2D eigenvalue weighted by atomic mass is 32.2. The average molecular weight is 488 g/mol. The molecule has 4 aromatic rings. The number of rotatable bonds is 6. The molecule has 0 saturated heterocycles. The van der Waals surface area contributed by atoms with Gasteiger partial charge in [0, 0.05) is 12.2 Å². The molecule has 0 fully saturated rings. The van der Waals surface area contributed by atoms with Crippen molar-refractivity contribution in [1.29, 1.82) is 0 Å². The standard InChI is InChI=1S/C27H29N5O2S/c1-4-30(20-12-6-5-7-13-20)24(33)17-35-27-29-28-26-31(22-16-10-11-18(2)19(22)3)25(34)21-14-8-9-15-23(21)32(26)27/h8-12,14-16H,4-7,13,17H2,1-3H3. The fourth-order valence-electron chi connectivity index (χ4n) is 4.78. The van der Waals surface area contributed by atoms with E-state index in [9.17, 15) is 9.59 Å². The Morgan fingerprint density at radius 3 is 2.69 bits per heavy atom. The first-order chi connectivity index (χ1) is 17.0. The quantitative estimate of drug-likeness (QED) is 0.356. The number of hydrogen-bond acceptors (Lipinski definition) is 5. The van der Waals surface area contributed by atoms with E-state index < -0.39 is 0 Å². The lowest BCUT2D eigenvalue weighted by atomic mass is 10.0. The number of benzene rings is 2. The van der Waals surface area contributed by atoms with Gasteiger partial charge in [0.15, 0.2) is 5.16 Å². The molecule has 35 heavy (non-hydrogen) atoms. The van der Waals surface area contributed by atoms with E-state index in [0.717, 1.165) is 47.3 Å². The maximum Gasteiger partial charge on any atom is 0.267 e. The Morgan fingerprint density at radius 2 is 1.91 bits per heavy atom. The third-order valence-corrected chi connectivity index (χ3v) is 7.68. The summed E-state index contributed by atoms with van der Waals surface area (Å²) in [6.45, 7) is 6.70. The Bertz CT molecular complexity index is 1520. The number of amides is 1. The van der Waals surface area contributed by atoms with E-state index in [4.69, 9.17) is 0 Å². The number of carbonyl (C=O) groups excluding carboxylic acids is 1. The Morgan fingerprint density at radius 1 is 1.09 bits per heavy atom. The van der Waals surface area contributed by atoms with E-state index in [2.05, 4.69) is 16.3 Å². The van der Waals surface area contributed by atoms with Crippen molar-refractivity contribution in [3.8, 4) is 5.69 Å². The van der Waals surface area contributed by atoms with Crippen LogP contribution in [0.2, 0.25) is 0 Å². The molecule has 5 rings (SSSR count). The molecule has 0 radical (unpaired) electrons. The smallest absolute Gasteiger partial charge is 0.267 e. The largest absolute Gasteiger partial charge is 0.316 e. The number of aryl methyl sites for hydroxylation is 1. The molecule has 0 saturated carbocycles. The molecule has 1 aliphatic rings. The van der Waals surface area contributed by atoms with Crippen LogP contribution in [0.1, 0.15) is 43.7 Å². The molecule has 0 atom stereocenters. The number of aromatic nitrogens is 4. The molecule has 8 heteroatoms. The van der Waals surface area contributed by atoms with Crippen LogP contribution in [0, 0.1) is 13.8 Å². The van der Waals surface area contributed by atoms with Gasteiger partial charge in [-0.2, -0.15) is 0 Å². The number of para-hydroxylation sites is 1. The molecule has 2 heterocycles. The fourth-order valence-corrected chi connectivity index (χ4v) is 5.59. The first-order valence-corrected chi connectivity index (χ1v) is 13.1. The second-order valence-electron chi connectivity index (χ2n) is 8.86. The Hall–Kier alpha value is -3.39. The van der Waals surface area contributed by atoms with Gasteiger partial charge in [0.2, 0.25) is 11.7 Å². The topological polar surface area (TPSA) is 72.5 Å². The molecule has 180 valence electrons. The zero-order valence-electron chi connectivity index (χ0n) is 20.3. The third kappa shape index (κ3) is 4.16. The third-order valence-electron chi connectivity index (χ3n) is 6.77. The van der Waals surface area contributed by atoms with Crippen LogP contribution in [0.3, 0.4) is 0 Å². The molecule has 1 aliphatic carbocycles. The molecule has 2 aromatic heterocycles. The number of hydrogen-bond donors (Lipinski definition) is 0. The zero-order valence-corrected chi connectivity index (χ0v) is 21.1. The summed E-state index contributed by atoms with van der Waals surface area (Å²) in [5.41, 5.74) is 4.62. The van der Waals surface area contributed by atoms with Crippen LogP contribution < -0.4 is 5.56 Å². The second-order valence-corrected chi connectivity index (χ2v) is 9.81. The highest BCUT2D eigenvalue weighted by Gasteiger charge is 2.22. The van der Waals surface area contributed by atoms with E-state index in [1.54, 1.807) is 4.57 Å². The van der Waals surface area contributed by atoms with Gasteiger partial charge < -0.3 is 4.90 Å². The molecule has 7 nitrogen and oxygen atoms in total. The van der Waals surface area contributed by atoms with E-state index in [0.29, 0.717) is 22.9 Å². The van der Waals surface area contributed by atoms with E-state index in [-0.39, 0.29) is 17.2 Å². The Balaban J connectivity index is 1.59. The number of nitrogens with zero attached hydrogens (tertiary/aromatic N) is 5. The Kier molecular flexibility index (Phi) is 6.47. The summed E-state index contributed by atoms with van der Waals surface area (Å²) in [6, 6.07) is 13.4. The van der Waals surface area contributed by atoms with Crippen molar-refractivity contribution in [2.45, 2.75) is 51.6 Å². The van der Waals surface area contributed by atoms with Gasteiger partial charge in [-0.05, 0) is 75.8 Å². The van der Waals surface area contributed by atoms with Crippen LogP contribution in [-0.2, 0) is 4.79 Å². The van der Waals surface area contributed by atoms with Crippen molar-refractivity contribution in [2.75, 3.05) is 12.3 Å². The van der Waals surface area contributed by atoms with Gasteiger partial charge in [-0.15, -0.1) is 10.2 Å². The molecule has 0 unspecified atom stereocenters. The minimum Gasteiger partial charge on any atom is -0.316 e. The van der Waals surface area contributed by atoms with E-state index in [1.807, 2.05) is 72.5 Å². The first-order valence-electron chi connectivity index (χ1n) is 12.1. The summed E-state index contributed by atoms with van der Waals surface area (Å²) in [7, 11) is 0. The molecule has 0 aliphatic heterocycles. The van der Waals surface area contributed by atoms with Crippen LogP contribution in [0.4, 0.5) is 0 Å². The highest BCUT2D eigenvalue weighted by molar-refractivity contribution is 7.99. The van der Waals surface area contributed by atoms with Crippen molar-refractivity contribution in [3.05, 3.63) is 75.7 Å². The van der Waals surface area contributed by atoms with Crippen LogP contribution >= 0.6 is 11.8 Å². The van der Waals surface area contributed by atoms with Crippen LogP contribution in [0.15, 0.2) is 64.2 Å². The van der Waals surface area contributed by atoms with Gasteiger partial charge in [-0.1, -0.05) is 42.1 Å². The Labute approximate surface area is 208 Å². The van der Waals surface area contributed by atoms with Crippen molar-refractivity contribution in [1.82, 2.24) is 24.1 Å². The van der Waals surface area contributed by atoms with Gasteiger partial charge >= 0.3 is 0 Å². The van der Waals surface area contributed by atoms with Crippen molar-refractivity contribution >= 4 is 34.3 Å². The number of thioether (sulfide) groups is 1. The van der Waals surface area contributed by atoms with Gasteiger partial charge in [-0.3, -0.25) is 14.0 Å². The van der Waals surface area contributed by atoms with Crippen molar-refractivity contribution in [2.24, 2.45) is 0 Å². The summed E-state index contributed by atoms with van der Waals surface area (Å²) in [5, 5.41) is 10.0. The predicted molar refractivity (Wildman–Crippen MR) is 140 cm³/mol. The molecule has 2 aromatic carbocycles. The molecule has 0 spiro atoms. The first kappa shape index (κ1) is 23.4. The summed E-state index contributed by atoms with van der Waals surface area (Å²) in [4.78, 5) is 28.6. The maximum absolute atomic E-state index is 13.6. The predicted octanol–water partition coefficient (Wildman–Crippen LogP) is 5.05.